The molecule has 6 aromatic carbocycles. The van der Waals surface area contributed by atoms with E-state index >= 15 is 0 Å². The molecule has 10 heteroatoms. The summed E-state index contributed by atoms with van der Waals surface area (Å²) in [5.41, 5.74) is 14.4. The molecule has 12 rings (SSSR count). The topological polar surface area (TPSA) is 71.6 Å². The minimum absolute atomic E-state index is 0. The Morgan fingerprint density at radius 2 is 0.806 bits per heavy atom. The number of aryl methyl sites for hydroxylation is 2. The fraction of sp³-hybridized carbons (Fsp3) is 0.0769. The van der Waals surface area contributed by atoms with Crippen LogP contribution in [0.15, 0.2) is 183 Å². The van der Waals surface area contributed by atoms with Crippen LogP contribution >= 0.6 is 0 Å². The van der Waals surface area contributed by atoms with Gasteiger partial charge in [0, 0.05) is 78.3 Å². The van der Waals surface area contributed by atoms with Crippen molar-refractivity contribution in [2.24, 2.45) is 14.1 Å². The van der Waals surface area contributed by atoms with Gasteiger partial charge in [0.25, 0.3) is 0 Å². The van der Waals surface area contributed by atoms with Crippen molar-refractivity contribution >= 4 is 0 Å². The molecule has 0 fully saturated rings. The maximum atomic E-state index is 4.56. The predicted octanol–water partition coefficient (Wildman–Crippen LogP) is 7.23. The molecule has 0 amide bonds. The summed E-state index contributed by atoms with van der Waals surface area (Å²) in [6.07, 6.45) is 18.0. The van der Waals surface area contributed by atoms with Crippen LogP contribution in [0.25, 0.3) is 33.6 Å². The molecule has 62 heavy (non-hydrogen) atoms. The number of nitrogens with zero attached hydrogens (tertiary/aromatic N) is 8. The van der Waals surface area contributed by atoms with E-state index in [9.17, 15) is 0 Å². The van der Waals surface area contributed by atoms with E-state index in [1.807, 2.05) is 69.3 Å². The predicted molar refractivity (Wildman–Crippen MR) is 226 cm³/mol. The van der Waals surface area contributed by atoms with Crippen molar-refractivity contribution in [1.29, 1.82) is 0 Å². The van der Waals surface area contributed by atoms with Gasteiger partial charge in [-0.2, -0.15) is 60.9 Å². The Hall–Kier alpha value is -6.46. The summed E-state index contributed by atoms with van der Waals surface area (Å²) in [4.78, 5) is 0. The largest absolute Gasteiger partial charge is 0.581 e. The van der Waals surface area contributed by atoms with Gasteiger partial charge in [0.15, 0.2) is 0 Å². The van der Waals surface area contributed by atoms with E-state index in [2.05, 4.69) is 179 Å². The molecule has 0 bridgehead atoms. The Bertz CT molecular complexity index is 2860. The number of aromatic nitrogens is 8. The van der Waals surface area contributed by atoms with Crippen LogP contribution in [0.2, 0.25) is 0 Å². The van der Waals surface area contributed by atoms with Crippen LogP contribution in [0, 0.1) is 24.8 Å². The summed E-state index contributed by atoms with van der Waals surface area (Å²) in [6.45, 7) is 0. The average Bonchev–Trinajstić information content (AvgIpc) is 4.17. The zero-order chi connectivity index (χ0) is 40.3. The van der Waals surface area contributed by atoms with Gasteiger partial charge in [-0.15, -0.1) is 11.1 Å². The van der Waals surface area contributed by atoms with E-state index in [1.165, 1.54) is 44.5 Å². The molecular formula is C52H36N8Pt2-4. The molecular weight excluding hydrogens is 1130 g/mol. The van der Waals surface area contributed by atoms with Crippen molar-refractivity contribution in [3.05, 3.63) is 252 Å². The molecule has 4 aromatic heterocycles. The van der Waals surface area contributed by atoms with Gasteiger partial charge in [-0.05, 0) is 44.5 Å². The van der Waals surface area contributed by atoms with Crippen molar-refractivity contribution in [3.8, 4) is 33.6 Å². The second-order valence-corrected chi connectivity index (χ2v) is 15.2. The van der Waals surface area contributed by atoms with Crippen LogP contribution < -0.4 is 19.3 Å². The zero-order valence-electron chi connectivity index (χ0n) is 33.5. The fourth-order valence-electron chi connectivity index (χ4n) is 9.45. The van der Waals surface area contributed by atoms with Crippen LogP contribution in [-0.4, -0.2) is 19.3 Å². The monoisotopic (exact) mass is 1160 g/mol. The molecule has 10 aromatic rings. The molecule has 308 valence electrons. The Labute approximate surface area is 389 Å². The molecule has 0 unspecified atom stereocenters. The van der Waals surface area contributed by atoms with Crippen LogP contribution in [0.1, 0.15) is 44.8 Å². The van der Waals surface area contributed by atoms with E-state index in [0.29, 0.717) is 0 Å². The summed E-state index contributed by atoms with van der Waals surface area (Å²) in [7, 11) is 3.93. The molecule has 0 saturated carbocycles. The number of imidazole rings is 2. The van der Waals surface area contributed by atoms with Crippen molar-refractivity contribution in [2.75, 3.05) is 0 Å². The van der Waals surface area contributed by atoms with Gasteiger partial charge in [0.05, 0.1) is 24.9 Å². The second-order valence-electron chi connectivity index (χ2n) is 15.2. The summed E-state index contributed by atoms with van der Waals surface area (Å²) >= 11 is 0. The second kappa shape index (κ2) is 16.4. The minimum atomic E-state index is -0.560. The smallest absolute Gasteiger partial charge is 0.241 e. The van der Waals surface area contributed by atoms with Crippen molar-refractivity contribution in [2.45, 2.75) is 10.8 Å². The summed E-state index contributed by atoms with van der Waals surface area (Å²) in [5, 5.41) is 17.5. The van der Waals surface area contributed by atoms with Crippen LogP contribution in [0.4, 0.5) is 0 Å². The third-order valence-electron chi connectivity index (χ3n) is 11.9. The number of benzene rings is 6. The van der Waals surface area contributed by atoms with Crippen LogP contribution in [-0.2, 0) is 67.1 Å². The van der Waals surface area contributed by atoms with E-state index in [1.54, 1.807) is 12.4 Å². The Morgan fingerprint density at radius 3 is 1.11 bits per heavy atom. The quantitative estimate of drug-likeness (QED) is 0.130. The van der Waals surface area contributed by atoms with Crippen molar-refractivity contribution in [3.63, 3.8) is 0 Å². The Morgan fingerprint density at radius 1 is 0.452 bits per heavy atom. The number of hydrogen-bond donors (Lipinski definition) is 0. The van der Waals surface area contributed by atoms with Crippen LogP contribution in [0.3, 0.4) is 0 Å². The summed E-state index contributed by atoms with van der Waals surface area (Å²) in [6, 6.07) is 58.3. The molecule has 0 saturated heterocycles. The third-order valence-corrected chi connectivity index (χ3v) is 11.9. The van der Waals surface area contributed by atoms with Crippen molar-refractivity contribution < 1.29 is 51.3 Å². The maximum absolute atomic E-state index is 4.56. The number of fused-ring (bicyclic) bond motifs is 6. The van der Waals surface area contributed by atoms with Gasteiger partial charge < -0.3 is 38.7 Å². The SMILES string of the molecule is C[n+]1[c-]n(-c2[c-]c(C3(c4cc[n-]n4)c4ccccc4-c4ccccc43)ccc2)cc1.C[n+]1[c-]n(-c2[c-]c(C3(c4cc[n-]n4)c4ccccc4-c4ccccc43)ccc2)cc1.[Pt].[Pt]. The van der Waals surface area contributed by atoms with E-state index < -0.39 is 10.8 Å². The zero-order valence-corrected chi connectivity index (χ0v) is 38.1. The van der Waals surface area contributed by atoms with Gasteiger partial charge in [0.1, 0.15) is 0 Å². The van der Waals surface area contributed by atoms with E-state index in [0.717, 1.165) is 33.9 Å². The van der Waals surface area contributed by atoms with E-state index in [4.69, 9.17) is 0 Å². The van der Waals surface area contributed by atoms with E-state index in [-0.39, 0.29) is 42.1 Å². The first-order chi connectivity index (χ1) is 29.6. The van der Waals surface area contributed by atoms with Gasteiger partial charge in [0.2, 0.25) is 12.7 Å². The van der Waals surface area contributed by atoms with Gasteiger partial charge in [-0.1, -0.05) is 121 Å². The first-order valence-electron chi connectivity index (χ1n) is 19.8. The molecule has 0 N–H and O–H groups in total. The molecule has 2 aliphatic carbocycles. The van der Waals surface area contributed by atoms with Crippen molar-refractivity contribution in [1.82, 2.24) is 29.5 Å². The molecule has 0 spiro atoms. The average molecular weight is 1160 g/mol. The van der Waals surface area contributed by atoms with Gasteiger partial charge >= 0.3 is 0 Å². The van der Waals surface area contributed by atoms with Crippen LogP contribution in [0.5, 0.6) is 0 Å². The first kappa shape index (κ1) is 40.9. The standard InChI is InChI=1S/2C26H18N4.2Pt/c2*1-29-15-16-30(18-29)20-8-6-7-19(17-20)26(25-13-14-27-28-25)23-11-4-2-9-21(23)22-10-3-5-12-24(22)26;;/h2*2-16H,1H3;;/q2*-2;;. The normalized spacial score (nSPS) is 13.3. The summed E-state index contributed by atoms with van der Waals surface area (Å²) < 4.78 is 7.72. The first-order valence-corrected chi connectivity index (χ1v) is 19.8. The molecule has 4 heterocycles. The Kier molecular flexibility index (Phi) is 10.8. The van der Waals surface area contributed by atoms with Gasteiger partial charge in [-0.25, -0.2) is 0 Å². The number of hydrogen-bond acceptors (Lipinski definition) is 2. The molecule has 0 radical (unpaired) electrons. The minimum Gasteiger partial charge on any atom is -0.581 e. The Balaban J connectivity index is 0.000000153. The number of rotatable bonds is 6. The molecule has 0 atom stereocenters. The fourth-order valence-corrected chi connectivity index (χ4v) is 9.45. The maximum Gasteiger partial charge on any atom is 0.241 e. The summed E-state index contributed by atoms with van der Waals surface area (Å²) in [5.74, 6) is 0. The van der Waals surface area contributed by atoms with Gasteiger partial charge in [-0.3, -0.25) is 0 Å². The molecule has 8 nitrogen and oxygen atoms in total. The molecule has 2 aliphatic rings. The molecule has 0 aliphatic heterocycles. The third kappa shape index (κ3) is 6.27.